The molecule has 0 fully saturated rings. The molecule has 1 aliphatic rings. The minimum atomic E-state index is -3.61. The molecule has 4 rings (SSSR count). The molecule has 0 radical (unpaired) electrons. The lowest BCUT2D eigenvalue weighted by Crippen LogP contribution is -2.35. The molecule has 0 aliphatic heterocycles. The molecule has 1 aliphatic carbocycles. The average molecular weight is 541 g/mol. The van der Waals surface area contributed by atoms with Crippen LogP contribution in [0.25, 0.3) is 5.57 Å². The lowest BCUT2D eigenvalue weighted by molar-refractivity contribution is -0.137. The van der Waals surface area contributed by atoms with Gasteiger partial charge in [0, 0.05) is 34.9 Å². The molecule has 8 heteroatoms. The quantitative estimate of drug-likeness (QED) is 0.373. The number of fused-ring (bicyclic) bond motifs is 1. The molecular weight excluding hydrogens is 516 g/mol. The van der Waals surface area contributed by atoms with Crippen molar-refractivity contribution in [3.05, 3.63) is 99.8 Å². The average Bonchev–Trinajstić information content (AvgIpc) is 3.20. The highest BCUT2D eigenvalue weighted by Gasteiger charge is 2.27. The van der Waals surface area contributed by atoms with Crippen molar-refractivity contribution in [3.63, 3.8) is 0 Å². The summed E-state index contributed by atoms with van der Waals surface area (Å²) in [6.45, 7) is 0. The van der Waals surface area contributed by atoms with Crippen molar-refractivity contribution in [1.29, 1.82) is 0 Å². The predicted octanol–water partition coefficient (Wildman–Crippen LogP) is 4.98. The van der Waals surface area contributed by atoms with Crippen LogP contribution in [0.5, 0.6) is 0 Å². The molecular formula is C26H25BrN2O4S. The van der Waals surface area contributed by atoms with Crippen molar-refractivity contribution < 1.29 is 18.3 Å². The van der Waals surface area contributed by atoms with Gasteiger partial charge in [0.15, 0.2) is 0 Å². The smallest absolute Gasteiger partial charge is 0.303 e. The Morgan fingerprint density at radius 2 is 1.85 bits per heavy atom. The number of benzene rings is 2. The summed E-state index contributed by atoms with van der Waals surface area (Å²) in [5, 5.41) is 8.93. The highest BCUT2D eigenvalue weighted by atomic mass is 79.9. The Morgan fingerprint density at radius 3 is 2.56 bits per heavy atom. The minimum Gasteiger partial charge on any atom is -0.481 e. The Bertz CT molecular complexity index is 1310. The Morgan fingerprint density at radius 1 is 1.09 bits per heavy atom. The molecule has 0 spiro atoms. The van der Waals surface area contributed by atoms with Crippen molar-refractivity contribution >= 4 is 37.5 Å². The maximum atomic E-state index is 12.8. The molecule has 1 unspecified atom stereocenters. The Labute approximate surface area is 207 Å². The third-order valence-corrected chi connectivity index (χ3v) is 7.88. The van der Waals surface area contributed by atoms with Crippen LogP contribution in [0.1, 0.15) is 41.5 Å². The number of hydrogen-bond donors (Lipinski definition) is 2. The lowest BCUT2D eigenvalue weighted by Gasteiger charge is -2.12. The van der Waals surface area contributed by atoms with Gasteiger partial charge >= 0.3 is 5.97 Å². The molecule has 0 saturated heterocycles. The molecule has 1 aromatic heterocycles. The molecule has 1 heterocycles. The van der Waals surface area contributed by atoms with E-state index in [1.807, 2.05) is 18.2 Å². The van der Waals surface area contributed by atoms with Crippen LogP contribution in [0.2, 0.25) is 0 Å². The molecule has 2 N–H and O–H groups in total. The molecule has 0 amide bonds. The van der Waals surface area contributed by atoms with Gasteiger partial charge in [0.05, 0.1) is 4.90 Å². The fourth-order valence-electron chi connectivity index (χ4n) is 4.19. The van der Waals surface area contributed by atoms with E-state index in [1.165, 1.54) is 0 Å². The van der Waals surface area contributed by atoms with E-state index < -0.39 is 16.0 Å². The second-order valence-electron chi connectivity index (χ2n) is 8.31. The number of allylic oxidation sites excluding steroid dienone is 1. The number of nitrogens with zero attached hydrogens (tertiary/aromatic N) is 1. The van der Waals surface area contributed by atoms with Gasteiger partial charge in [0.25, 0.3) is 0 Å². The number of pyridine rings is 1. The van der Waals surface area contributed by atoms with E-state index >= 15 is 0 Å². The van der Waals surface area contributed by atoms with Crippen LogP contribution in [-0.2, 0) is 27.7 Å². The van der Waals surface area contributed by atoms with Crippen LogP contribution in [0, 0.1) is 0 Å². The third kappa shape index (κ3) is 6.00. The summed E-state index contributed by atoms with van der Waals surface area (Å²) in [4.78, 5) is 15.3. The molecule has 6 nitrogen and oxygen atoms in total. The van der Waals surface area contributed by atoms with Gasteiger partial charge < -0.3 is 5.11 Å². The van der Waals surface area contributed by atoms with Gasteiger partial charge in [0.2, 0.25) is 10.0 Å². The van der Waals surface area contributed by atoms with Gasteiger partial charge in [-0.15, -0.1) is 0 Å². The second kappa shape index (κ2) is 10.6. The van der Waals surface area contributed by atoms with E-state index in [2.05, 4.69) is 43.8 Å². The number of rotatable bonds is 9. The number of hydrogen-bond acceptors (Lipinski definition) is 4. The largest absolute Gasteiger partial charge is 0.481 e. The SMILES string of the molecule is O=C(O)CCC/C=C(\c1cccnc1)c1ccc2c(c1)CC(NS(=O)(=O)c1ccc(Br)cc1)C2. The maximum absolute atomic E-state index is 12.8. The van der Waals surface area contributed by atoms with Crippen LogP contribution in [0.4, 0.5) is 0 Å². The molecule has 2 aromatic carbocycles. The van der Waals surface area contributed by atoms with Crippen LogP contribution >= 0.6 is 15.9 Å². The number of sulfonamides is 1. The first-order valence-electron chi connectivity index (χ1n) is 11.0. The van der Waals surface area contributed by atoms with Crippen molar-refractivity contribution in [2.45, 2.75) is 43.0 Å². The van der Waals surface area contributed by atoms with Crippen LogP contribution in [-0.4, -0.2) is 30.5 Å². The van der Waals surface area contributed by atoms with E-state index in [-0.39, 0.29) is 17.4 Å². The predicted molar refractivity (Wildman–Crippen MR) is 135 cm³/mol. The Hall–Kier alpha value is -2.81. The molecule has 3 aromatic rings. The van der Waals surface area contributed by atoms with Gasteiger partial charge in [0.1, 0.15) is 0 Å². The number of nitrogens with one attached hydrogen (secondary N) is 1. The summed E-state index contributed by atoms with van der Waals surface area (Å²) in [5.74, 6) is -0.800. The number of aromatic nitrogens is 1. The van der Waals surface area contributed by atoms with Gasteiger partial charge in [-0.25, -0.2) is 13.1 Å². The fraction of sp³-hybridized carbons (Fsp3) is 0.231. The lowest BCUT2D eigenvalue weighted by atomic mass is 9.95. The summed E-state index contributed by atoms with van der Waals surface area (Å²) in [5.41, 5.74) is 5.21. The number of carboxylic acid groups (broad SMARTS) is 1. The van der Waals surface area contributed by atoms with Crippen LogP contribution in [0.3, 0.4) is 0 Å². The van der Waals surface area contributed by atoms with Gasteiger partial charge in [-0.3, -0.25) is 9.78 Å². The Balaban J connectivity index is 1.53. The zero-order valence-electron chi connectivity index (χ0n) is 18.4. The number of carboxylic acids is 1. The van der Waals surface area contributed by atoms with E-state index in [4.69, 9.17) is 5.11 Å². The van der Waals surface area contributed by atoms with Gasteiger partial charge in [-0.2, -0.15) is 0 Å². The molecule has 0 bridgehead atoms. The summed E-state index contributed by atoms with van der Waals surface area (Å²) in [6.07, 6.45) is 8.15. The number of carbonyl (C=O) groups is 1. The van der Waals surface area contributed by atoms with Gasteiger partial charge in [-0.1, -0.05) is 46.3 Å². The Kier molecular flexibility index (Phi) is 7.60. The molecule has 176 valence electrons. The topological polar surface area (TPSA) is 96.4 Å². The molecule has 1 atom stereocenters. The zero-order valence-corrected chi connectivity index (χ0v) is 20.8. The van der Waals surface area contributed by atoms with E-state index in [1.54, 1.807) is 36.7 Å². The van der Waals surface area contributed by atoms with Crippen molar-refractivity contribution in [1.82, 2.24) is 9.71 Å². The summed E-state index contributed by atoms with van der Waals surface area (Å²) >= 11 is 3.33. The molecule has 34 heavy (non-hydrogen) atoms. The van der Waals surface area contributed by atoms with Crippen LogP contribution in [0.15, 0.2) is 82.4 Å². The van der Waals surface area contributed by atoms with Crippen molar-refractivity contribution in [2.24, 2.45) is 0 Å². The normalized spacial score (nSPS) is 15.8. The maximum Gasteiger partial charge on any atom is 0.303 e. The van der Waals surface area contributed by atoms with Crippen molar-refractivity contribution in [3.8, 4) is 0 Å². The number of aliphatic carboxylic acids is 1. The second-order valence-corrected chi connectivity index (χ2v) is 10.9. The summed E-state index contributed by atoms with van der Waals surface area (Å²) in [6, 6.07) is 16.5. The first kappa shape index (κ1) is 24.3. The van der Waals surface area contributed by atoms with E-state index in [0.29, 0.717) is 25.7 Å². The standard InChI is InChI=1S/C26H25BrN2O4S/c27-22-9-11-24(12-10-22)34(32,33)29-23-15-18-7-8-19(14-21(18)16-23)25(5-1-2-6-26(30)31)20-4-3-13-28-17-20/h3-5,7-14,17,23,29H,1-2,6,15-16H2,(H,30,31)/b25-5-. The first-order valence-corrected chi connectivity index (χ1v) is 13.3. The molecule has 0 saturated carbocycles. The highest BCUT2D eigenvalue weighted by molar-refractivity contribution is 9.10. The van der Waals surface area contributed by atoms with E-state index in [0.717, 1.165) is 32.3 Å². The third-order valence-electron chi connectivity index (χ3n) is 5.81. The van der Waals surface area contributed by atoms with E-state index in [9.17, 15) is 13.2 Å². The number of halogens is 1. The summed E-state index contributed by atoms with van der Waals surface area (Å²) in [7, 11) is -3.61. The number of unbranched alkanes of at least 4 members (excludes halogenated alkanes) is 1. The monoisotopic (exact) mass is 540 g/mol. The summed E-state index contributed by atoms with van der Waals surface area (Å²) < 4.78 is 29.3. The highest BCUT2D eigenvalue weighted by Crippen LogP contribution is 2.30. The van der Waals surface area contributed by atoms with Crippen molar-refractivity contribution in [2.75, 3.05) is 0 Å². The minimum absolute atomic E-state index is 0.126. The zero-order chi connectivity index (χ0) is 24.1. The fourth-order valence-corrected chi connectivity index (χ4v) is 5.69. The van der Waals surface area contributed by atoms with Crippen LogP contribution < -0.4 is 4.72 Å². The first-order chi connectivity index (χ1) is 16.3. The van der Waals surface area contributed by atoms with Gasteiger partial charge in [-0.05, 0) is 78.3 Å².